The van der Waals surface area contributed by atoms with Gasteiger partial charge in [-0.15, -0.1) is 0 Å². The van der Waals surface area contributed by atoms with E-state index >= 15 is 0 Å². The van der Waals surface area contributed by atoms with Crippen LogP contribution in [0.4, 0.5) is 0 Å². The van der Waals surface area contributed by atoms with E-state index in [1.807, 2.05) is 0 Å². The van der Waals surface area contributed by atoms with Gasteiger partial charge in [0, 0.05) is 6.54 Å². The van der Waals surface area contributed by atoms with Crippen LogP contribution in [-0.4, -0.2) is 20.1 Å². The summed E-state index contributed by atoms with van der Waals surface area (Å²) in [6, 6.07) is 5.75. The van der Waals surface area contributed by atoms with Crippen LogP contribution in [0.5, 0.6) is 5.75 Å². The van der Waals surface area contributed by atoms with Crippen molar-refractivity contribution in [3.05, 3.63) is 24.3 Å². The second-order valence-electron chi connectivity index (χ2n) is 5.82. The van der Waals surface area contributed by atoms with Crippen molar-refractivity contribution in [1.29, 1.82) is 0 Å². The fourth-order valence-corrected chi connectivity index (χ4v) is 4.04. The predicted molar refractivity (Wildman–Crippen MR) is 79.0 cm³/mol. The third-order valence-corrected chi connectivity index (χ3v) is 5.48. The molecular formula is C15H23NO3S. The molecule has 0 radical (unpaired) electrons. The van der Waals surface area contributed by atoms with Gasteiger partial charge in [0.15, 0.2) is 0 Å². The van der Waals surface area contributed by atoms with Gasteiger partial charge in [-0.25, -0.2) is 13.1 Å². The van der Waals surface area contributed by atoms with Crippen LogP contribution in [0.2, 0.25) is 0 Å². The molecule has 0 heterocycles. The van der Waals surface area contributed by atoms with Crippen molar-refractivity contribution in [2.45, 2.75) is 43.9 Å². The molecule has 1 aromatic rings. The van der Waals surface area contributed by atoms with E-state index in [-0.39, 0.29) is 10.6 Å². The first-order valence-corrected chi connectivity index (χ1v) is 8.74. The molecular weight excluding hydrogens is 274 g/mol. The van der Waals surface area contributed by atoms with Crippen LogP contribution in [-0.2, 0) is 10.0 Å². The van der Waals surface area contributed by atoms with Crippen LogP contribution in [0.3, 0.4) is 0 Å². The van der Waals surface area contributed by atoms with Gasteiger partial charge >= 0.3 is 0 Å². The molecule has 1 aliphatic rings. The summed E-state index contributed by atoms with van der Waals surface area (Å²) in [4.78, 5) is 0.120. The highest BCUT2D eigenvalue weighted by atomic mass is 32.2. The van der Waals surface area contributed by atoms with E-state index in [1.165, 1.54) is 49.9 Å². The molecule has 0 amide bonds. The van der Waals surface area contributed by atoms with Gasteiger partial charge in [0.25, 0.3) is 0 Å². The van der Waals surface area contributed by atoms with Crippen molar-refractivity contribution in [3.8, 4) is 5.75 Å². The lowest BCUT2D eigenvalue weighted by Gasteiger charge is -2.26. The summed E-state index contributed by atoms with van der Waals surface area (Å²) in [5.41, 5.74) is 0. The monoisotopic (exact) mass is 297 g/mol. The maximum Gasteiger partial charge on any atom is 0.240 e. The number of hydrogen-bond acceptors (Lipinski definition) is 3. The summed E-state index contributed by atoms with van der Waals surface area (Å²) in [6.45, 7) is 2.73. The Morgan fingerprint density at radius 3 is 2.85 bits per heavy atom. The fraction of sp³-hybridized carbons (Fsp3) is 0.600. The zero-order chi connectivity index (χ0) is 14.6. The highest BCUT2D eigenvalue weighted by Crippen LogP contribution is 2.30. The predicted octanol–water partition coefficient (Wildman–Crippen LogP) is 2.89. The van der Waals surface area contributed by atoms with Crippen molar-refractivity contribution >= 4 is 10.0 Å². The van der Waals surface area contributed by atoms with Gasteiger partial charge in [-0.1, -0.05) is 32.3 Å². The average molecular weight is 297 g/mol. The fourth-order valence-electron chi connectivity index (χ4n) is 2.95. The van der Waals surface area contributed by atoms with Crippen LogP contribution in [0.25, 0.3) is 0 Å². The molecule has 1 fully saturated rings. The van der Waals surface area contributed by atoms with Gasteiger partial charge in [0.2, 0.25) is 10.0 Å². The highest BCUT2D eigenvalue weighted by Gasteiger charge is 2.20. The Bertz CT molecular complexity index is 542. The van der Waals surface area contributed by atoms with Crippen molar-refractivity contribution < 1.29 is 13.5 Å². The van der Waals surface area contributed by atoms with Crippen molar-refractivity contribution in [3.63, 3.8) is 0 Å². The van der Waals surface area contributed by atoms with E-state index in [9.17, 15) is 13.5 Å². The molecule has 0 spiro atoms. The summed E-state index contributed by atoms with van der Waals surface area (Å²) >= 11 is 0. The number of sulfonamides is 1. The maximum atomic E-state index is 12.1. The number of nitrogens with one attached hydrogen (secondary N) is 1. The minimum absolute atomic E-state index is 0.0334. The van der Waals surface area contributed by atoms with Crippen LogP contribution >= 0.6 is 0 Å². The lowest BCUT2D eigenvalue weighted by Crippen LogP contribution is -2.27. The average Bonchev–Trinajstić information content (AvgIpc) is 2.38. The van der Waals surface area contributed by atoms with Crippen LogP contribution in [0.15, 0.2) is 29.2 Å². The Kier molecular flexibility index (Phi) is 5.05. The van der Waals surface area contributed by atoms with Gasteiger partial charge < -0.3 is 5.11 Å². The zero-order valence-corrected chi connectivity index (χ0v) is 12.7. The Hall–Kier alpha value is -1.07. The Balaban J connectivity index is 1.86. The van der Waals surface area contributed by atoms with E-state index < -0.39 is 10.0 Å². The van der Waals surface area contributed by atoms with E-state index in [2.05, 4.69) is 11.6 Å². The van der Waals surface area contributed by atoms with E-state index in [0.717, 1.165) is 12.3 Å². The molecule has 1 saturated carbocycles. The molecule has 1 aliphatic carbocycles. The summed E-state index contributed by atoms with van der Waals surface area (Å²) in [5, 5.41) is 9.34. The standard InChI is InChI=1S/C15H23NO3S/c1-12-4-2-5-13(10-12)8-9-16-20(18,19)15-7-3-6-14(17)11-15/h3,6-7,11-13,16-17H,2,4-5,8-10H2,1H3. The Morgan fingerprint density at radius 1 is 1.35 bits per heavy atom. The molecule has 0 saturated heterocycles. The van der Waals surface area contributed by atoms with Crippen molar-refractivity contribution in [2.24, 2.45) is 11.8 Å². The molecule has 2 N–H and O–H groups in total. The zero-order valence-electron chi connectivity index (χ0n) is 11.9. The number of benzene rings is 1. The number of rotatable bonds is 5. The second kappa shape index (κ2) is 6.59. The molecule has 4 nitrogen and oxygen atoms in total. The summed E-state index contributed by atoms with van der Waals surface area (Å²) < 4.78 is 26.8. The van der Waals surface area contributed by atoms with Gasteiger partial charge in [0.05, 0.1) is 4.90 Å². The summed E-state index contributed by atoms with van der Waals surface area (Å²) in [5.74, 6) is 1.36. The molecule has 1 aromatic carbocycles. The maximum absolute atomic E-state index is 12.1. The number of hydrogen-bond donors (Lipinski definition) is 2. The third kappa shape index (κ3) is 4.21. The lowest BCUT2D eigenvalue weighted by atomic mass is 9.81. The molecule has 2 atom stereocenters. The Morgan fingerprint density at radius 2 is 2.15 bits per heavy atom. The molecule has 2 rings (SSSR count). The summed E-state index contributed by atoms with van der Waals surface area (Å²) in [7, 11) is -3.51. The third-order valence-electron chi connectivity index (χ3n) is 4.02. The minimum Gasteiger partial charge on any atom is -0.508 e. The number of phenols is 1. The van der Waals surface area contributed by atoms with Gasteiger partial charge in [-0.2, -0.15) is 0 Å². The number of phenolic OH excluding ortho intramolecular Hbond substituents is 1. The van der Waals surface area contributed by atoms with E-state index in [4.69, 9.17) is 0 Å². The van der Waals surface area contributed by atoms with Crippen LogP contribution in [0, 0.1) is 11.8 Å². The summed E-state index contributed by atoms with van der Waals surface area (Å²) in [6.07, 6.45) is 5.85. The normalized spacial score (nSPS) is 23.6. The molecule has 0 bridgehead atoms. The van der Waals surface area contributed by atoms with Gasteiger partial charge in [-0.05, 0) is 42.9 Å². The SMILES string of the molecule is CC1CCCC(CCNS(=O)(=O)c2cccc(O)c2)C1. The van der Waals surface area contributed by atoms with Gasteiger partial charge in [0.1, 0.15) is 5.75 Å². The first-order chi connectivity index (χ1) is 9.47. The van der Waals surface area contributed by atoms with Crippen molar-refractivity contribution in [1.82, 2.24) is 4.72 Å². The first-order valence-electron chi connectivity index (χ1n) is 7.26. The molecule has 0 aliphatic heterocycles. The second-order valence-corrected chi connectivity index (χ2v) is 7.59. The molecule has 5 heteroatoms. The lowest BCUT2D eigenvalue weighted by molar-refractivity contribution is 0.271. The molecule has 112 valence electrons. The molecule has 20 heavy (non-hydrogen) atoms. The highest BCUT2D eigenvalue weighted by molar-refractivity contribution is 7.89. The van der Waals surface area contributed by atoms with Crippen LogP contribution < -0.4 is 4.72 Å². The quantitative estimate of drug-likeness (QED) is 0.878. The molecule has 0 aromatic heterocycles. The largest absolute Gasteiger partial charge is 0.508 e. The van der Waals surface area contributed by atoms with Crippen LogP contribution in [0.1, 0.15) is 39.0 Å². The van der Waals surface area contributed by atoms with Crippen molar-refractivity contribution in [2.75, 3.05) is 6.54 Å². The number of aromatic hydroxyl groups is 1. The molecule has 2 unspecified atom stereocenters. The van der Waals surface area contributed by atoms with Gasteiger partial charge in [-0.3, -0.25) is 0 Å². The van der Waals surface area contributed by atoms with E-state index in [1.54, 1.807) is 0 Å². The smallest absolute Gasteiger partial charge is 0.240 e. The Labute approximate surface area is 121 Å². The first kappa shape index (κ1) is 15.3. The topological polar surface area (TPSA) is 66.4 Å². The van der Waals surface area contributed by atoms with E-state index in [0.29, 0.717) is 12.5 Å². The minimum atomic E-state index is -3.51.